The van der Waals surface area contributed by atoms with Gasteiger partial charge in [-0.25, -0.2) is 0 Å². The minimum absolute atomic E-state index is 0. The van der Waals surface area contributed by atoms with Gasteiger partial charge in [0.15, 0.2) is 0 Å². The fourth-order valence-corrected chi connectivity index (χ4v) is 3.04. The summed E-state index contributed by atoms with van der Waals surface area (Å²) in [6.45, 7) is 2.10. The van der Waals surface area contributed by atoms with Gasteiger partial charge in [0.2, 0.25) is 0 Å². The van der Waals surface area contributed by atoms with Gasteiger partial charge in [-0.3, -0.25) is 0 Å². The Kier molecular flexibility index (Phi) is 5.48. The molecule has 0 saturated heterocycles. The van der Waals surface area contributed by atoms with Crippen molar-refractivity contribution in [3.63, 3.8) is 0 Å². The van der Waals surface area contributed by atoms with Crippen LogP contribution < -0.4 is 0 Å². The van der Waals surface area contributed by atoms with Gasteiger partial charge in [-0.2, -0.15) is 0 Å². The minimum Gasteiger partial charge on any atom is -0.385 e. The van der Waals surface area contributed by atoms with Crippen molar-refractivity contribution >= 4 is 12.4 Å². The molecule has 0 aromatic heterocycles. The molecule has 1 atom stereocenters. The molecule has 1 fully saturated rings. The molecule has 96 valence electrons. The minimum atomic E-state index is -0.596. The quantitative estimate of drug-likeness (QED) is 0.853. The third kappa shape index (κ3) is 3.02. The van der Waals surface area contributed by atoms with Crippen LogP contribution >= 0.6 is 12.4 Å². The summed E-state index contributed by atoms with van der Waals surface area (Å²) in [6.07, 6.45) is 7.07. The third-order valence-corrected chi connectivity index (χ3v) is 4.09. The summed E-state index contributed by atoms with van der Waals surface area (Å²) >= 11 is 0. The summed E-state index contributed by atoms with van der Waals surface area (Å²) in [4.78, 5) is 0. The molecule has 1 N–H and O–H groups in total. The van der Waals surface area contributed by atoms with E-state index < -0.39 is 5.60 Å². The lowest BCUT2D eigenvalue weighted by molar-refractivity contribution is -0.0421. The summed E-state index contributed by atoms with van der Waals surface area (Å²) in [5.41, 5.74) is 0.506. The summed E-state index contributed by atoms with van der Waals surface area (Å²) in [7, 11) is 0. The fourth-order valence-electron chi connectivity index (χ4n) is 3.04. The molecule has 0 bridgehead atoms. The van der Waals surface area contributed by atoms with Crippen LogP contribution in [0.4, 0.5) is 0 Å². The molecule has 1 aromatic rings. The highest BCUT2D eigenvalue weighted by molar-refractivity contribution is 5.85. The highest BCUT2D eigenvalue weighted by Gasteiger charge is 2.36. The zero-order valence-electron chi connectivity index (χ0n) is 10.6. The van der Waals surface area contributed by atoms with Gasteiger partial charge in [-0.1, -0.05) is 56.5 Å². The second-order valence-electron chi connectivity index (χ2n) is 4.98. The van der Waals surface area contributed by atoms with Crippen molar-refractivity contribution in [2.75, 3.05) is 0 Å². The number of hydrogen-bond acceptors (Lipinski definition) is 1. The van der Waals surface area contributed by atoms with Crippen molar-refractivity contribution in [1.29, 1.82) is 0 Å². The van der Waals surface area contributed by atoms with Gasteiger partial charge >= 0.3 is 0 Å². The van der Waals surface area contributed by atoms with E-state index in [2.05, 4.69) is 19.1 Å². The molecule has 2 heteroatoms. The molecule has 1 saturated carbocycles. The number of rotatable bonds is 3. The maximum absolute atomic E-state index is 10.9. The molecule has 0 radical (unpaired) electrons. The van der Waals surface area contributed by atoms with Gasteiger partial charge in [0.1, 0.15) is 0 Å². The van der Waals surface area contributed by atoms with Crippen molar-refractivity contribution in [2.45, 2.75) is 51.0 Å². The summed E-state index contributed by atoms with van der Waals surface area (Å²) in [5.74, 6) is 0.452. The van der Waals surface area contributed by atoms with E-state index in [1.54, 1.807) is 0 Å². The smallest absolute Gasteiger partial charge is 0.0921 e. The van der Waals surface area contributed by atoms with Gasteiger partial charge in [-0.05, 0) is 30.7 Å². The first kappa shape index (κ1) is 14.5. The number of aliphatic hydroxyl groups is 1. The largest absolute Gasteiger partial charge is 0.385 e. The molecule has 1 nitrogen and oxygen atoms in total. The normalized spacial score (nSPS) is 20.4. The predicted molar refractivity (Wildman–Crippen MR) is 74.5 cm³/mol. The van der Waals surface area contributed by atoms with Crippen LogP contribution in [-0.4, -0.2) is 5.11 Å². The Hall–Kier alpha value is -0.530. The van der Waals surface area contributed by atoms with E-state index in [9.17, 15) is 5.11 Å². The molecule has 17 heavy (non-hydrogen) atoms. The molecule has 1 aliphatic carbocycles. The number of halogens is 1. The van der Waals surface area contributed by atoms with E-state index >= 15 is 0 Å². The van der Waals surface area contributed by atoms with Crippen molar-refractivity contribution in [1.82, 2.24) is 0 Å². The van der Waals surface area contributed by atoms with Gasteiger partial charge in [0.25, 0.3) is 0 Å². The SMILES string of the molecule is CCC(O)(c1ccccc1)C1CCCCC1.Cl. The number of hydrogen-bond donors (Lipinski definition) is 1. The van der Waals surface area contributed by atoms with Crippen molar-refractivity contribution < 1.29 is 5.11 Å². The van der Waals surface area contributed by atoms with Crippen molar-refractivity contribution in [3.05, 3.63) is 35.9 Å². The monoisotopic (exact) mass is 254 g/mol. The van der Waals surface area contributed by atoms with Crippen LogP contribution in [0.5, 0.6) is 0 Å². The first-order valence-corrected chi connectivity index (χ1v) is 6.55. The van der Waals surface area contributed by atoms with Crippen LogP contribution in [0.1, 0.15) is 51.0 Å². The van der Waals surface area contributed by atoms with E-state index in [1.165, 1.54) is 32.1 Å². The van der Waals surface area contributed by atoms with Crippen molar-refractivity contribution in [2.24, 2.45) is 5.92 Å². The van der Waals surface area contributed by atoms with E-state index in [0.717, 1.165) is 12.0 Å². The standard InChI is InChI=1S/C15H22O.ClH/c1-2-15(16,13-9-5-3-6-10-13)14-11-7-4-8-12-14;/h3,5-6,9-10,14,16H,2,4,7-8,11-12H2,1H3;1H. The molecular formula is C15H23ClO. The van der Waals surface area contributed by atoms with Gasteiger partial charge in [0.05, 0.1) is 5.60 Å². The molecule has 0 heterocycles. The molecule has 1 aliphatic rings. The molecule has 1 aromatic carbocycles. The lowest BCUT2D eigenvalue weighted by Crippen LogP contribution is -2.35. The zero-order valence-corrected chi connectivity index (χ0v) is 11.4. The van der Waals surface area contributed by atoms with Gasteiger partial charge in [-0.15, -0.1) is 12.4 Å². The van der Waals surface area contributed by atoms with Crippen LogP contribution in [0.3, 0.4) is 0 Å². The zero-order chi connectivity index (χ0) is 11.4. The Morgan fingerprint density at radius 3 is 2.24 bits per heavy atom. The molecular weight excluding hydrogens is 232 g/mol. The van der Waals surface area contributed by atoms with Crippen LogP contribution in [0.2, 0.25) is 0 Å². The average Bonchev–Trinajstić information content (AvgIpc) is 2.40. The lowest BCUT2D eigenvalue weighted by Gasteiger charge is -2.38. The second kappa shape index (κ2) is 6.42. The Bertz CT molecular complexity index is 319. The Balaban J connectivity index is 0.00000144. The van der Waals surface area contributed by atoms with Gasteiger partial charge in [0, 0.05) is 0 Å². The van der Waals surface area contributed by atoms with Crippen LogP contribution in [0.15, 0.2) is 30.3 Å². The van der Waals surface area contributed by atoms with E-state index in [0.29, 0.717) is 5.92 Å². The Morgan fingerprint density at radius 1 is 1.12 bits per heavy atom. The summed E-state index contributed by atoms with van der Waals surface area (Å²) in [5, 5.41) is 10.9. The summed E-state index contributed by atoms with van der Waals surface area (Å²) < 4.78 is 0. The molecule has 0 amide bonds. The fraction of sp³-hybridized carbons (Fsp3) is 0.600. The first-order chi connectivity index (χ1) is 7.77. The molecule has 0 spiro atoms. The Labute approximate surface area is 111 Å². The molecule has 0 aliphatic heterocycles. The molecule has 1 unspecified atom stereocenters. The third-order valence-electron chi connectivity index (χ3n) is 4.09. The van der Waals surface area contributed by atoms with Gasteiger partial charge < -0.3 is 5.11 Å². The van der Waals surface area contributed by atoms with E-state index in [1.807, 2.05) is 18.2 Å². The maximum atomic E-state index is 10.9. The van der Waals surface area contributed by atoms with Crippen LogP contribution in [-0.2, 0) is 5.60 Å². The Morgan fingerprint density at radius 2 is 1.71 bits per heavy atom. The average molecular weight is 255 g/mol. The van der Waals surface area contributed by atoms with E-state index in [4.69, 9.17) is 0 Å². The maximum Gasteiger partial charge on any atom is 0.0921 e. The van der Waals surface area contributed by atoms with Crippen LogP contribution in [0.25, 0.3) is 0 Å². The predicted octanol–water partition coefficient (Wildman–Crippen LogP) is 4.29. The highest BCUT2D eigenvalue weighted by Crippen LogP contribution is 2.41. The molecule has 2 rings (SSSR count). The van der Waals surface area contributed by atoms with Crippen LogP contribution in [0, 0.1) is 5.92 Å². The second-order valence-corrected chi connectivity index (χ2v) is 4.98. The lowest BCUT2D eigenvalue weighted by atomic mass is 9.72. The first-order valence-electron chi connectivity index (χ1n) is 6.55. The topological polar surface area (TPSA) is 20.2 Å². The van der Waals surface area contributed by atoms with E-state index in [-0.39, 0.29) is 12.4 Å². The van der Waals surface area contributed by atoms with Crippen molar-refractivity contribution in [3.8, 4) is 0 Å². The number of benzene rings is 1. The highest BCUT2D eigenvalue weighted by atomic mass is 35.5. The summed E-state index contributed by atoms with van der Waals surface area (Å²) in [6, 6.07) is 10.2.